The molecule has 0 unspecified atom stereocenters. The van der Waals surface area contributed by atoms with E-state index in [1.165, 1.54) is 0 Å². The monoisotopic (exact) mass is 378 g/mol. The number of hydrogen-bond donors (Lipinski definition) is 2. The molecule has 0 atom stereocenters. The van der Waals surface area contributed by atoms with Crippen molar-refractivity contribution in [2.24, 2.45) is 0 Å². The van der Waals surface area contributed by atoms with Gasteiger partial charge in [0.25, 0.3) is 9.84 Å². The highest BCUT2D eigenvalue weighted by molar-refractivity contribution is 7.92. The third kappa shape index (κ3) is 3.47. The van der Waals surface area contributed by atoms with E-state index in [1.54, 1.807) is 6.07 Å². The molecule has 0 bridgehead atoms. The first-order valence-electron chi connectivity index (χ1n) is 5.88. The van der Waals surface area contributed by atoms with Crippen LogP contribution < -0.4 is 5.32 Å². The lowest BCUT2D eigenvalue weighted by Gasteiger charge is -2.10. The molecule has 0 spiro atoms. The minimum absolute atomic E-state index is 0.0576. The van der Waals surface area contributed by atoms with Crippen LogP contribution in [0.4, 0.5) is 18.9 Å². The van der Waals surface area contributed by atoms with Crippen LogP contribution in [-0.2, 0) is 9.84 Å². The Kier molecular flexibility index (Phi) is 4.76. The summed E-state index contributed by atoms with van der Waals surface area (Å²) >= 11 is 5.81. The Bertz CT molecular complexity index is 918. The summed E-state index contributed by atoms with van der Waals surface area (Å²) in [6.45, 7) is 0. The van der Waals surface area contributed by atoms with Crippen LogP contribution in [-0.4, -0.2) is 34.6 Å². The number of aromatic amines is 1. The van der Waals surface area contributed by atoms with Crippen LogP contribution in [0.2, 0.25) is 5.02 Å². The Morgan fingerprint density at radius 1 is 1.42 bits per heavy atom. The molecule has 0 aliphatic rings. The second-order valence-corrected chi connectivity index (χ2v) is 6.49. The minimum Gasteiger partial charge on any atom is -0.359 e. The second-order valence-electron chi connectivity index (χ2n) is 4.14. The number of benzene rings is 1. The van der Waals surface area contributed by atoms with E-state index in [0.717, 1.165) is 18.3 Å². The molecule has 1 aromatic carbocycles. The normalized spacial score (nSPS) is 12.7. The minimum atomic E-state index is -5.53. The van der Waals surface area contributed by atoms with Crippen molar-refractivity contribution in [3.05, 3.63) is 35.2 Å². The van der Waals surface area contributed by atoms with Gasteiger partial charge in [-0.3, -0.25) is 0 Å². The fourth-order valence-corrected chi connectivity index (χ4v) is 2.45. The number of nitrogens with zero attached hydrogens (tertiary/aromatic N) is 4. The average Bonchev–Trinajstić information content (AvgIpc) is 3.02. The van der Waals surface area contributed by atoms with Crippen molar-refractivity contribution in [3.8, 4) is 6.07 Å². The molecule has 0 amide bonds. The number of alkyl halides is 3. The number of rotatable bonds is 4. The topological polar surface area (TPSA) is 124 Å². The molecular formula is C11H6ClF3N6O2S. The lowest BCUT2D eigenvalue weighted by molar-refractivity contribution is -0.0435. The van der Waals surface area contributed by atoms with Gasteiger partial charge in [-0.2, -0.15) is 23.6 Å². The number of aromatic nitrogens is 4. The third-order valence-electron chi connectivity index (χ3n) is 2.63. The molecule has 0 saturated heterocycles. The standard InChI is InChI=1S/C11H6ClF3N6O2S/c12-8-2-1-7(24(22,23)11(13,14)15)3-9(8)17-5-6(4-16)10-18-20-21-19-10/h1-3,5,17H,(H,18,19,20,21). The van der Waals surface area contributed by atoms with Gasteiger partial charge in [-0.05, 0) is 23.4 Å². The van der Waals surface area contributed by atoms with Gasteiger partial charge in [0.2, 0.25) is 5.82 Å². The van der Waals surface area contributed by atoms with Crippen molar-refractivity contribution in [1.82, 2.24) is 20.6 Å². The lowest BCUT2D eigenvalue weighted by Crippen LogP contribution is -2.23. The Morgan fingerprint density at radius 2 is 2.12 bits per heavy atom. The Labute approximate surface area is 137 Å². The highest BCUT2D eigenvalue weighted by Crippen LogP contribution is 2.33. The molecule has 1 heterocycles. The Balaban J connectivity index is 2.39. The van der Waals surface area contributed by atoms with Crippen LogP contribution in [0.3, 0.4) is 0 Å². The lowest BCUT2D eigenvalue weighted by atomic mass is 10.3. The fraction of sp³-hybridized carbons (Fsp3) is 0.0909. The van der Waals surface area contributed by atoms with Crippen molar-refractivity contribution in [2.45, 2.75) is 10.4 Å². The van der Waals surface area contributed by atoms with Gasteiger partial charge in [-0.25, -0.2) is 8.42 Å². The molecule has 24 heavy (non-hydrogen) atoms. The van der Waals surface area contributed by atoms with Gasteiger partial charge in [0.15, 0.2) is 0 Å². The SMILES string of the molecule is N#CC(=CNc1cc(S(=O)(=O)C(F)(F)F)ccc1Cl)c1nn[nH]n1. The zero-order valence-corrected chi connectivity index (χ0v) is 12.9. The van der Waals surface area contributed by atoms with Crippen molar-refractivity contribution < 1.29 is 21.6 Å². The van der Waals surface area contributed by atoms with Gasteiger partial charge >= 0.3 is 5.51 Å². The molecule has 0 saturated carbocycles. The van der Waals surface area contributed by atoms with Crippen LogP contribution in [0, 0.1) is 11.3 Å². The highest BCUT2D eigenvalue weighted by atomic mass is 35.5. The van der Waals surface area contributed by atoms with Crippen molar-refractivity contribution in [2.75, 3.05) is 5.32 Å². The summed E-state index contributed by atoms with van der Waals surface area (Å²) in [5.74, 6) is -0.0693. The van der Waals surface area contributed by atoms with E-state index >= 15 is 0 Å². The third-order valence-corrected chi connectivity index (χ3v) is 4.45. The Hall–Kier alpha value is -2.65. The largest absolute Gasteiger partial charge is 0.501 e. The van der Waals surface area contributed by atoms with Crippen LogP contribution in [0.25, 0.3) is 5.57 Å². The summed E-state index contributed by atoms with van der Waals surface area (Å²) in [6, 6.07) is 4.15. The molecular weight excluding hydrogens is 373 g/mol. The summed E-state index contributed by atoms with van der Waals surface area (Å²) in [7, 11) is -5.53. The maximum Gasteiger partial charge on any atom is 0.501 e. The molecule has 8 nitrogen and oxygen atoms in total. The molecule has 0 aliphatic heterocycles. The van der Waals surface area contributed by atoms with E-state index < -0.39 is 20.2 Å². The number of allylic oxidation sites excluding steroid dienone is 1. The first-order valence-corrected chi connectivity index (χ1v) is 7.74. The van der Waals surface area contributed by atoms with E-state index in [2.05, 4.69) is 25.9 Å². The fourth-order valence-electron chi connectivity index (χ4n) is 1.49. The number of H-pyrrole nitrogens is 1. The number of nitriles is 1. The number of tetrazole rings is 1. The molecule has 0 radical (unpaired) electrons. The van der Waals surface area contributed by atoms with Crippen molar-refractivity contribution in [3.63, 3.8) is 0 Å². The predicted octanol–water partition coefficient (Wildman–Crippen LogP) is 2.12. The van der Waals surface area contributed by atoms with Crippen LogP contribution >= 0.6 is 11.6 Å². The molecule has 2 rings (SSSR count). The van der Waals surface area contributed by atoms with Gasteiger partial charge < -0.3 is 5.32 Å². The second kappa shape index (κ2) is 6.46. The molecule has 13 heteroatoms. The van der Waals surface area contributed by atoms with Crippen LogP contribution in [0.1, 0.15) is 5.82 Å². The summed E-state index contributed by atoms with van der Waals surface area (Å²) in [4.78, 5) is -0.992. The number of anilines is 1. The van der Waals surface area contributed by atoms with E-state index in [4.69, 9.17) is 16.9 Å². The van der Waals surface area contributed by atoms with Gasteiger partial charge in [0, 0.05) is 6.20 Å². The highest BCUT2D eigenvalue weighted by Gasteiger charge is 2.47. The molecule has 0 fully saturated rings. The van der Waals surface area contributed by atoms with E-state index in [-0.39, 0.29) is 22.1 Å². The number of hydrogen-bond acceptors (Lipinski definition) is 7. The van der Waals surface area contributed by atoms with Gasteiger partial charge in [0.05, 0.1) is 15.6 Å². The summed E-state index contributed by atoms with van der Waals surface area (Å²) in [5.41, 5.74) is -5.71. The first kappa shape index (κ1) is 17.7. The molecule has 1 aromatic heterocycles. The average molecular weight is 379 g/mol. The zero-order valence-electron chi connectivity index (χ0n) is 11.3. The maximum absolute atomic E-state index is 12.6. The zero-order chi connectivity index (χ0) is 18.0. The van der Waals surface area contributed by atoms with Crippen LogP contribution in [0.5, 0.6) is 0 Å². The van der Waals surface area contributed by atoms with Gasteiger partial charge in [-0.15, -0.1) is 10.2 Å². The molecule has 0 aliphatic carbocycles. The summed E-state index contributed by atoms with van der Waals surface area (Å²) < 4.78 is 60.6. The smallest absolute Gasteiger partial charge is 0.359 e. The van der Waals surface area contributed by atoms with Gasteiger partial charge in [-0.1, -0.05) is 11.6 Å². The Morgan fingerprint density at radius 3 is 2.67 bits per heavy atom. The number of sulfone groups is 1. The molecule has 2 aromatic rings. The van der Waals surface area contributed by atoms with E-state index in [1.807, 2.05) is 0 Å². The predicted molar refractivity (Wildman–Crippen MR) is 76.1 cm³/mol. The first-order chi connectivity index (χ1) is 11.2. The number of halogens is 4. The van der Waals surface area contributed by atoms with Crippen molar-refractivity contribution in [1.29, 1.82) is 5.26 Å². The maximum atomic E-state index is 12.6. The number of nitrogens with one attached hydrogen (secondary N) is 2. The quantitative estimate of drug-likeness (QED) is 0.780. The van der Waals surface area contributed by atoms with E-state index in [0.29, 0.717) is 6.07 Å². The summed E-state index contributed by atoms with van der Waals surface area (Å²) in [5, 5.41) is 23.8. The molecule has 2 N–H and O–H groups in total. The van der Waals surface area contributed by atoms with E-state index in [9.17, 15) is 21.6 Å². The van der Waals surface area contributed by atoms with Gasteiger partial charge in [0.1, 0.15) is 11.6 Å². The van der Waals surface area contributed by atoms with Crippen molar-refractivity contribution >= 4 is 32.7 Å². The summed E-state index contributed by atoms with van der Waals surface area (Å²) in [6.07, 6.45) is 1.05. The molecule has 126 valence electrons. The van der Waals surface area contributed by atoms with Crippen LogP contribution in [0.15, 0.2) is 29.3 Å².